The van der Waals surface area contributed by atoms with Gasteiger partial charge < -0.3 is 14.8 Å². The fraction of sp³-hybridized carbons (Fsp3) is 0.167. The van der Waals surface area contributed by atoms with E-state index in [-0.39, 0.29) is 18.3 Å². The summed E-state index contributed by atoms with van der Waals surface area (Å²) in [5.74, 6) is 1.80. The monoisotopic (exact) mass is 404 g/mol. The number of nitrogens with zero attached hydrogens (tertiary/aromatic N) is 2. The Morgan fingerprint density at radius 3 is 2.85 bits per heavy atom. The third-order valence-electron chi connectivity index (χ3n) is 3.40. The average molecular weight is 405 g/mol. The number of halogens is 1. The highest BCUT2D eigenvalue weighted by Gasteiger charge is 2.11. The van der Waals surface area contributed by atoms with Crippen LogP contribution >= 0.6 is 23.4 Å². The maximum atomic E-state index is 12.2. The summed E-state index contributed by atoms with van der Waals surface area (Å²) in [7, 11) is 1.53. The molecule has 3 rings (SSSR count). The molecule has 0 aliphatic heterocycles. The number of thioether (sulfide) groups is 1. The summed E-state index contributed by atoms with van der Waals surface area (Å²) in [5.41, 5.74) is 0.516. The molecule has 0 spiro atoms. The molecule has 0 saturated heterocycles. The Labute approximate surface area is 165 Å². The molecule has 2 aromatic carbocycles. The third-order valence-corrected chi connectivity index (χ3v) is 4.48. The van der Waals surface area contributed by atoms with E-state index in [1.54, 1.807) is 18.2 Å². The van der Waals surface area contributed by atoms with Crippen LogP contribution in [0, 0.1) is 0 Å². The third kappa shape index (κ3) is 5.63. The van der Waals surface area contributed by atoms with Gasteiger partial charge in [-0.2, -0.15) is 0 Å². The smallest absolute Gasteiger partial charge is 0.234 e. The van der Waals surface area contributed by atoms with Crippen molar-refractivity contribution in [2.75, 3.05) is 18.2 Å². The van der Waals surface area contributed by atoms with Crippen LogP contribution < -0.4 is 14.8 Å². The first kappa shape index (κ1) is 19.1. The zero-order valence-electron chi connectivity index (χ0n) is 14.4. The van der Waals surface area contributed by atoms with Gasteiger partial charge in [0.1, 0.15) is 18.1 Å². The second-order valence-corrected chi connectivity index (χ2v) is 6.73. The number of H-pyrrole nitrogens is 1. The summed E-state index contributed by atoms with van der Waals surface area (Å²) in [6, 6.07) is 14.4. The van der Waals surface area contributed by atoms with E-state index in [0.29, 0.717) is 27.4 Å². The first-order valence-corrected chi connectivity index (χ1v) is 9.35. The molecule has 140 valence electrons. The molecular formula is C18H17ClN4O3S. The summed E-state index contributed by atoms with van der Waals surface area (Å²) in [6.45, 7) is 0.267. The topological polar surface area (TPSA) is 89.1 Å². The molecule has 0 radical (unpaired) electrons. The number of hydrogen-bond acceptors (Lipinski definition) is 6. The fourth-order valence-electron chi connectivity index (χ4n) is 2.17. The van der Waals surface area contributed by atoms with Gasteiger partial charge in [-0.05, 0) is 30.3 Å². The van der Waals surface area contributed by atoms with Gasteiger partial charge in [0, 0.05) is 5.02 Å². The Morgan fingerprint density at radius 1 is 1.26 bits per heavy atom. The predicted molar refractivity (Wildman–Crippen MR) is 105 cm³/mol. The first-order valence-electron chi connectivity index (χ1n) is 7.99. The predicted octanol–water partition coefficient (Wildman–Crippen LogP) is 3.78. The number of carbonyl (C=O) groups is 1. The maximum absolute atomic E-state index is 12.2. The molecule has 0 aliphatic carbocycles. The maximum Gasteiger partial charge on any atom is 0.234 e. The SMILES string of the molecule is COc1ccc(Cl)cc1NC(=O)CSc1n[nH]c(COc2ccccc2)n1. The number of rotatable bonds is 8. The minimum absolute atomic E-state index is 0.145. The normalized spacial score (nSPS) is 10.4. The Morgan fingerprint density at radius 2 is 2.07 bits per heavy atom. The molecule has 0 bridgehead atoms. The van der Waals surface area contributed by atoms with Crippen LogP contribution in [0.4, 0.5) is 5.69 Å². The van der Waals surface area contributed by atoms with E-state index in [9.17, 15) is 4.79 Å². The Kier molecular flexibility index (Phi) is 6.56. The van der Waals surface area contributed by atoms with Crippen molar-refractivity contribution < 1.29 is 14.3 Å². The van der Waals surface area contributed by atoms with Crippen LogP contribution in [0.2, 0.25) is 5.02 Å². The lowest BCUT2D eigenvalue weighted by Crippen LogP contribution is -2.14. The number of anilines is 1. The van der Waals surface area contributed by atoms with Gasteiger partial charge >= 0.3 is 0 Å². The van der Waals surface area contributed by atoms with Gasteiger partial charge in [0.05, 0.1) is 18.6 Å². The van der Waals surface area contributed by atoms with Crippen LogP contribution in [0.5, 0.6) is 11.5 Å². The molecule has 1 amide bonds. The van der Waals surface area contributed by atoms with E-state index in [1.165, 1.54) is 18.9 Å². The van der Waals surface area contributed by atoms with E-state index in [0.717, 1.165) is 5.75 Å². The van der Waals surface area contributed by atoms with Crippen LogP contribution in [-0.2, 0) is 11.4 Å². The van der Waals surface area contributed by atoms with Crippen molar-refractivity contribution in [2.24, 2.45) is 0 Å². The number of methoxy groups -OCH3 is 1. The van der Waals surface area contributed by atoms with E-state index in [4.69, 9.17) is 21.1 Å². The van der Waals surface area contributed by atoms with Crippen LogP contribution in [0.25, 0.3) is 0 Å². The molecule has 3 aromatic rings. The average Bonchev–Trinajstić information content (AvgIpc) is 3.14. The molecule has 27 heavy (non-hydrogen) atoms. The molecule has 2 N–H and O–H groups in total. The number of hydrogen-bond donors (Lipinski definition) is 2. The van der Waals surface area contributed by atoms with E-state index in [2.05, 4.69) is 20.5 Å². The molecule has 9 heteroatoms. The Hall–Kier alpha value is -2.71. The number of ether oxygens (including phenoxy) is 2. The van der Waals surface area contributed by atoms with Gasteiger partial charge in [-0.25, -0.2) is 4.98 Å². The van der Waals surface area contributed by atoms with Gasteiger partial charge in [-0.1, -0.05) is 41.6 Å². The molecular weight excluding hydrogens is 388 g/mol. The number of benzene rings is 2. The van der Waals surface area contributed by atoms with E-state index >= 15 is 0 Å². The standard InChI is InChI=1S/C18H17ClN4O3S/c1-25-15-8-7-12(19)9-14(15)20-17(24)11-27-18-21-16(22-23-18)10-26-13-5-3-2-4-6-13/h2-9H,10-11H2,1H3,(H,20,24)(H,21,22,23). The molecule has 0 aliphatic rings. The van der Waals surface area contributed by atoms with Crippen molar-refractivity contribution in [1.29, 1.82) is 0 Å². The van der Waals surface area contributed by atoms with Crippen molar-refractivity contribution in [3.63, 3.8) is 0 Å². The number of para-hydroxylation sites is 1. The summed E-state index contributed by atoms with van der Waals surface area (Å²) in [4.78, 5) is 16.5. The molecule has 0 atom stereocenters. The largest absolute Gasteiger partial charge is 0.495 e. The van der Waals surface area contributed by atoms with Crippen LogP contribution in [0.3, 0.4) is 0 Å². The van der Waals surface area contributed by atoms with Gasteiger partial charge in [-0.3, -0.25) is 9.89 Å². The molecule has 0 saturated carbocycles. The second-order valence-electron chi connectivity index (χ2n) is 5.35. The first-order chi connectivity index (χ1) is 13.1. The number of carbonyl (C=O) groups excluding carboxylic acids is 1. The fourth-order valence-corrected chi connectivity index (χ4v) is 2.96. The number of amides is 1. The van der Waals surface area contributed by atoms with Gasteiger partial charge in [0.25, 0.3) is 0 Å². The van der Waals surface area contributed by atoms with E-state index < -0.39 is 0 Å². The number of aromatic amines is 1. The zero-order chi connectivity index (χ0) is 19.1. The second kappa shape index (κ2) is 9.29. The van der Waals surface area contributed by atoms with Crippen molar-refractivity contribution >= 4 is 35.0 Å². The lowest BCUT2D eigenvalue weighted by molar-refractivity contribution is -0.113. The van der Waals surface area contributed by atoms with Gasteiger partial charge in [0.15, 0.2) is 5.82 Å². The van der Waals surface area contributed by atoms with Crippen molar-refractivity contribution in [1.82, 2.24) is 15.2 Å². The lowest BCUT2D eigenvalue weighted by Gasteiger charge is -2.09. The minimum Gasteiger partial charge on any atom is -0.495 e. The highest BCUT2D eigenvalue weighted by Crippen LogP contribution is 2.28. The highest BCUT2D eigenvalue weighted by molar-refractivity contribution is 7.99. The summed E-state index contributed by atoms with van der Waals surface area (Å²) >= 11 is 7.17. The van der Waals surface area contributed by atoms with Crippen LogP contribution in [0.1, 0.15) is 5.82 Å². The lowest BCUT2D eigenvalue weighted by atomic mass is 10.3. The quantitative estimate of drug-likeness (QED) is 0.555. The van der Waals surface area contributed by atoms with E-state index in [1.807, 2.05) is 30.3 Å². The minimum atomic E-state index is -0.215. The van der Waals surface area contributed by atoms with Crippen molar-refractivity contribution in [3.05, 3.63) is 59.4 Å². The van der Waals surface area contributed by atoms with Crippen molar-refractivity contribution in [2.45, 2.75) is 11.8 Å². The summed E-state index contributed by atoms with van der Waals surface area (Å²) < 4.78 is 10.8. The van der Waals surface area contributed by atoms with Gasteiger partial charge in [0.2, 0.25) is 11.1 Å². The summed E-state index contributed by atoms with van der Waals surface area (Å²) in [6.07, 6.45) is 0. The van der Waals surface area contributed by atoms with Gasteiger partial charge in [-0.15, -0.1) is 5.10 Å². The molecule has 1 aromatic heterocycles. The Bertz CT molecular complexity index is 905. The van der Waals surface area contributed by atoms with Crippen LogP contribution in [0.15, 0.2) is 53.7 Å². The summed E-state index contributed by atoms with van der Waals surface area (Å²) in [5, 5.41) is 10.6. The highest BCUT2D eigenvalue weighted by atomic mass is 35.5. The van der Waals surface area contributed by atoms with Crippen LogP contribution in [-0.4, -0.2) is 34.0 Å². The molecule has 0 fully saturated rings. The zero-order valence-corrected chi connectivity index (χ0v) is 16.0. The molecule has 1 heterocycles. The van der Waals surface area contributed by atoms with Crippen molar-refractivity contribution in [3.8, 4) is 11.5 Å². The Balaban J connectivity index is 1.49. The number of aromatic nitrogens is 3. The number of nitrogens with one attached hydrogen (secondary N) is 2. The molecule has 7 nitrogen and oxygen atoms in total. The molecule has 0 unspecified atom stereocenters.